The minimum Gasteiger partial charge on any atom is -0.374 e. The molecule has 1 aromatic rings. The van der Waals surface area contributed by atoms with Crippen molar-refractivity contribution in [3.63, 3.8) is 0 Å². The fourth-order valence-electron chi connectivity index (χ4n) is 3.19. The molecular weight excluding hydrogens is 220 g/mol. The van der Waals surface area contributed by atoms with Crippen molar-refractivity contribution < 1.29 is 0 Å². The zero-order chi connectivity index (χ0) is 13.3. The lowest BCUT2D eigenvalue weighted by molar-refractivity contribution is 0.301. The van der Waals surface area contributed by atoms with Gasteiger partial charge in [-0.2, -0.15) is 0 Å². The smallest absolute Gasteiger partial charge is 0.0393 e. The summed E-state index contributed by atoms with van der Waals surface area (Å²) in [6, 6.07) is 8.89. The molecule has 0 radical (unpaired) electrons. The van der Waals surface area contributed by atoms with Crippen LogP contribution in [0.25, 0.3) is 0 Å². The summed E-state index contributed by atoms with van der Waals surface area (Å²) >= 11 is 0. The lowest BCUT2D eigenvalue weighted by atomic mass is 9.85. The molecule has 0 aliphatic heterocycles. The van der Waals surface area contributed by atoms with E-state index in [4.69, 9.17) is 5.73 Å². The molecule has 0 amide bonds. The molecule has 0 aromatic heterocycles. The van der Waals surface area contributed by atoms with Gasteiger partial charge >= 0.3 is 0 Å². The van der Waals surface area contributed by atoms with Gasteiger partial charge in [0, 0.05) is 25.3 Å². The summed E-state index contributed by atoms with van der Waals surface area (Å²) in [6.45, 7) is 7.83. The van der Waals surface area contributed by atoms with Gasteiger partial charge in [-0.1, -0.05) is 32.0 Å². The summed E-state index contributed by atoms with van der Waals surface area (Å²) < 4.78 is 0. The highest BCUT2D eigenvalue weighted by atomic mass is 15.1. The normalized spacial score (nSPS) is 26.3. The van der Waals surface area contributed by atoms with Crippen molar-refractivity contribution in [2.45, 2.75) is 39.7 Å². The fraction of sp³-hybridized carbons (Fsp3) is 0.625. The van der Waals surface area contributed by atoms with Gasteiger partial charge in [-0.15, -0.1) is 0 Å². The van der Waals surface area contributed by atoms with Gasteiger partial charge in [0.1, 0.15) is 0 Å². The molecule has 0 heterocycles. The van der Waals surface area contributed by atoms with E-state index in [1.165, 1.54) is 24.1 Å². The molecule has 1 saturated carbocycles. The third-order valence-corrected chi connectivity index (χ3v) is 4.60. The second-order valence-electron chi connectivity index (χ2n) is 6.48. The van der Waals surface area contributed by atoms with Gasteiger partial charge in [0.15, 0.2) is 0 Å². The average molecular weight is 246 g/mol. The summed E-state index contributed by atoms with van der Waals surface area (Å²) in [5.74, 6) is 0.615. The monoisotopic (exact) mass is 246 g/mol. The predicted octanol–water partition coefficient (Wildman–Crippen LogP) is 3.19. The first kappa shape index (κ1) is 13.4. The standard InChI is InChI=1S/C16H26N2/c1-12-7-5-6-8-14(12)18(4)11-13-9-10-16(2,3)15(13)17/h5-8,13,15H,9-11,17H2,1-4H3. The topological polar surface area (TPSA) is 29.3 Å². The Morgan fingerprint density at radius 1 is 1.33 bits per heavy atom. The number of rotatable bonds is 3. The van der Waals surface area contributed by atoms with Gasteiger partial charge < -0.3 is 10.6 Å². The molecule has 1 aromatic carbocycles. The highest BCUT2D eigenvalue weighted by Crippen LogP contribution is 2.40. The SMILES string of the molecule is Cc1ccccc1N(C)CC1CCC(C)(C)C1N. The second-order valence-corrected chi connectivity index (χ2v) is 6.48. The van der Waals surface area contributed by atoms with E-state index in [2.05, 4.69) is 57.0 Å². The summed E-state index contributed by atoms with van der Waals surface area (Å²) in [6.07, 6.45) is 2.50. The summed E-state index contributed by atoms with van der Waals surface area (Å²) in [5.41, 5.74) is 9.36. The second kappa shape index (κ2) is 4.93. The lowest BCUT2D eigenvalue weighted by Gasteiger charge is -2.30. The zero-order valence-corrected chi connectivity index (χ0v) is 12.1. The van der Waals surface area contributed by atoms with E-state index in [9.17, 15) is 0 Å². The number of nitrogens with two attached hydrogens (primary N) is 1. The van der Waals surface area contributed by atoms with Crippen LogP contribution in [-0.4, -0.2) is 19.6 Å². The third kappa shape index (κ3) is 2.54. The molecule has 1 aliphatic carbocycles. The zero-order valence-electron chi connectivity index (χ0n) is 12.1. The molecule has 2 unspecified atom stereocenters. The van der Waals surface area contributed by atoms with Crippen LogP contribution >= 0.6 is 0 Å². The Kier molecular flexibility index (Phi) is 3.67. The Morgan fingerprint density at radius 3 is 2.56 bits per heavy atom. The maximum absolute atomic E-state index is 6.39. The summed E-state index contributed by atoms with van der Waals surface area (Å²) in [4.78, 5) is 2.36. The first-order chi connectivity index (χ1) is 8.42. The van der Waals surface area contributed by atoms with Crippen molar-refractivity contribution in [2.75, 3.05) is 18.5 Å². The number of nitrogens with zero attached hydrogens (tertiary/aromatic N) is 1. The van der Waals surface area contributed by atoms with Gasteiger partial charge in [0.05, 0.1) is 0 Å². The van der Waals surface area contributed by atoms with Gasteiger partial charge in [-0.25, -0.2) is 0 Å². The maximum atomic E-state index is 6.39. The molecule has 0 spiro atoms. The fourth-order valence-corrected chi connectivity index (χ4v) is 3.19. The van der Waals surface area contributed by atoms with Crippen molar-refractivity contribution in [3.8, 4) is 0 Å². The Bertz CT molecular complexity index is 411. The molecule has 2 atom stereocenters. The Labute approximate surface area is 111 Å². The van der Waals surface area contributed by atoms with Crippen LogP contribution in [0.4, 0.5) is 5.69 Å². The van der Waals surface area contributed by atoms with Crippen LogP contribution in [-0.2, 0) is 0 Å². The molecule has 2 N–H and O–H groups in total. The van der Waals surface area contributed by atoms with Crippen LogP contribution in [0.2, 0.25) is 0 Å². The summed E-state index contributed by atoms with van der Waals surface area (Å²) in [7, 11) is 2.18. The van der Waals surface area contributed by atoms with Crippen molar-refractivity contribution in [1.29, 1.82) is 0 Å². The van der Waals surface area contributed by atoms with Crippen LogP contribution in [0.1, 0.15) is 32.3 Å². The number of para-hydroxylation sites is 1. The molecular formula is C16H26N2. The Balaban J connectivity index is 2.05. The van der Waals surface area contributed by atoms with E-state index < -0.39 is 0 Å². The largest absolute Gasteiger partial charge is 0.374 e. The van der Waals surface area contributed by atoms with Crippen LogP contribution < -0.4 is 10.6 Å². The number of hydrogen-bond donors (Lipinski definition) is 1. The van der Waals surface area contributed by atoms with Crippen molar-refractivity contribution >= 4 is 5.69 Å². The van der Waals surface area contributed by atoms with E-state index in [0.717, 1.165) is 6.54 Å². The molecule has 2 nitrogen and oxygen atoms in total. The Morgan fingerprint density at radius 2 is 2.00 bits per heavy atom. The average Bonchev–Trinajstić information content (AvgIpc) is 2.57. The predicted molar refractivity (Wildman–Crippen MR) is 78.9 cm³/mol. The first-order valence-corrected chi connectivity index (χ1v) is 6.94. The number of aryl methyl sites for hydroxylation is 1. The number of hydrogen-bond acceptors (Lipinski definition) is 2. The minimum absolute atomic E-state index is 0.303. The van der Waals surface area contributed by atoms with Crippen molar-refractivity contribution in [3.05, 3.63) is 29.8 Å². The van der Waals surface area contributed by atoms with Gasteiger partial charge in [-0.3, -0.25) is 0 Å². The van der Waals surface area contributed by atoms with Crippen LogP contribution in [0.15, 0.2) is 24.3 Å². The highest BCUT2D eigenvalue weighted by molar-refractivity contribution is 5.52. The van der Waals surface area contributed by atoms with Gasteiger partial charge in [0.2, 0.25) is 0 Å². The number of benzene rings is 1. The van der Waals surface area contributed by atoms with Gasteiger partial charge in [-0.05, 0) is 42.7 Å². The molecule has 18 heavy (non-hydrogen) atoms. The van der Waals surface area contributed by atoms with E-state index >= 15 is 0 Å². The molecule has 2 heteroatoms. The van der Waals surface area contributed by atoms with Crippen LogP contribution in [0.5, 0.6) is 0 Å². The molecule has 100 valence electrons. The molecule has 1 aliphatic rings. The van der Waals surface area contributed by atoms with E-state index in [1.54, 1.807) is 0 Å². The lowest BCUT2D eigenvalue weighted by Crippen LogP contribution is -2.41. The molecule has 2 rings (SSSR count). The van der Waals surface area contributed by atoms with Crippen LogP contribution in [0, 0.1) is 18.3 Å². The third-order valence-electron chi connectivity index (χ3n) is 4.60. The first-order valence-electron chi connectivity index (χ1n) is 6.94. The highest BCUT2D eigenvalue weighted by Gasteiger charge is 2.39. The van der Waals surface area contributed by atoms with Crippen molar-refractivity contribution in [2.24, 2.45) is 17.1 Å². The molecule has 1 fully saturated rings. The summed E-state index contributed by atoms with van der Waals surface area (Å²) in [5, 5.41) is 0. The maximum Gasteiger partial charge on any atom is 0.0393 e. The van der Waals surface area contributed by atoms with E-state index in [-0.39, 0.29) is 0 Å². The molecule has 0 saturated heterocycles. The number of anilines is 1. The molecule has 0 bridgehead atoms. The van der Waals surface area contributed by atoms with Crippen LogP contribution in [0.3, 0.4) is 0 Å². The van der Waals surface area contributed by atoms with E-state index in [0.29, 0.717) is 17.4 Å². The Hall–Kier alpha value is -1.02. The van der Waals surface area contributed by atoms with E-state index in [1.807, 2.05) is 0 Å². The van der Waals surface area contributed by atoms with Crippen molar-refractivity contribution in [1.82, 2.24) is 0 Å². The van der Waals surface area contributed by atoms with Gasteiger partial charge in [0.25, 0.3) is 0 Å². The quantitative estimate of drug-likeness (QED) is 0.887. The minimum atomic E-state index is 0.303.